The summed E-state index contributed by atoms with van der Waals surface area (Å²) in [6, 6.07) is 77.5. The molecule has 0 radical (unpaired) electrons. The number of benzene rings is 8. The first-order valence-corrected chi connectivity index (χ1v) is 22.3. The Labute approximate surface area is 359 Å². The Morgan fingerprint density at radius 1 is 0.262 bits per heavy atom. The van der Waals surface area contributed by atoms with Crippen LogP contribution in [0.2, 0.25) is 0 Å². The summed E-state index contributed by atoms with van der Waals surface area (Å²) in [5.74, 6) is 0. The second-order valence-corrected chi connectivity index (χ2v) is 17.8. The van der Waals surface area contributed by atoms with Crippen molar-refractivity contribution in [3.63, 3.8) is 0 Å². The van der Waals surface area contributed by atoms with Crippen molar-refractivity contribution < 1.29 is 0 Å². The number of nitrogens with zero attached hydrogens (tertiary/aromatic N) is 3. The van der Waals surface area contributed by atoms with Crippen LogP contribution in [0.25, 0.3) is 113 Å². The Morgan fingerprint density at radius 3 is 1.33 bits per heavy atom. The fraction of sp³-hybridized carbons (Fsp3) is 0. The first-order valence-electron chi connectivity index (χ1n) is 20.7. The minimum Gasteiger partial charge on any atom is -0.309 e. The molecule has 0 spiro atoms. The van der Waals surface area contributed by atoms with Gasteiger partial charge in [0.25, 0.3) is 0 Å². The normalized spacial score (nSPS) is 11.9. The van der Waals surface area contributed by atoms with Crippen LogP contribution >= 0.6 is 22.7 Å². The molecule has 13 aromatic rings. The third-order valence-corrected chi connectivity index (χ3v) is 14.8. The molecule has 0 saturated heterocycles. The van der Waals surface area contributed by atoms with Crippen LogP contribution in [-0.4, -0.2) is 13.7 Å². The van der Waals surface area contributed by atoms with Gasteiger partial charge in [-0.05, 0) is 101 Å². The molecule has 8 aromatic carbocycles. The molecule has 3 nitrogen and oxygen atoms in total. The van der Waals surface area contributed by atoms with E-state index in [1.807, 2.05) is 22.7 Å². The molecule has 0 N–H and O–H groups in total. The summed E-state index contributed by atoms with van der Waals surface area (Å²) in [4.78, 5) is 2.54. The molecule has 0 bridgehead atoms. The number of hydrogen-bond donors (Lipinski definition) is 0. The maximum Gasteiger partial charge on any atom is 0.0711 e. The summed E-state index contributed by atoms with van der Waals surface area (Å²) < 4.78 is 9.98. The molecule has 0 aliphatic rings. The summed E-state index contributed by atoms with van der Waals surface area (Å²) in [7, 11) is 0. The molecule has 0 unspecified atom stereocenters. The lowest BCUT2D eigenvalue weighted by Crippen LogP contribution is -1.94. The first kappa shape index (κ1) is 34.4. The van der Waals surface area contributed by atoms with Crippen molar-refractivity contribution in [1.29, 1.82) is 0 Å². The number of hydrogen-bond acceptors (Lipinski definition) is 2. The largest absolute Gasteiger partial charge is 0.309 e. The lowest BCUT2D eigenvalue weighted by molar-refractivity contribution is 1.17. The van der Waals surface area contributed by atoms with Crippen LogP contribution in [0.15, 0.2) is 212 Å². The van der Waals surface area contributed by atoms with Crippen molar-refractivity contribution in [2.45, 2.75) is 0 Å². The fourth-order valence-corrected chi connectivity index (χ4v) is 12.1. The molecule has 0 atom stereocenters. The topological polar surface area (TPSA) is 14.8 Å². The number of rotatable bonds is 6. The van der Waals surface area contributed by atoms with Crippen molar-refractivity contribution in [1.82, 2.24) is 13.7 Å². The van der Waals surface area contributed by atoms with E-state index in [0.717, 1.165) is 11.4 Å². The first-order chi connectivity index (χ1) is 30.3. The van der Waals surface area contributed by atoms with Crippen LogP contribution < -0.4 is 0 Å². The van der Waals surface area contributed by atoms with Crippen molar-refractivity contribution >= 4 is 86.7 Å². The van der Waals surface area contributed by atoms with Crippen LogP contribution in [0.4, 0.5) is 0 Å². The van der Waals surface area contributed by atoms with Gasteiger partial charge in [0.2, 0.25) is 0 Å². The molecule has 61 heavy (non-hydrogen) atoms. The Kier molecular flexibility index (Phi) is 7.65. The maximum absolute atomic E-state index is 2.47. The van der Waals surface area contributed by atoms with Gasteiger partial charge < -0.3 is 13.7 Å². The second kappa shape index (κ2) is 13.5. The molecule has 5 heteroatoms. The summed E-state index contributed by atoms with van der Waals surface area (Å²) in [6.07, 6.45) is 0. The van der Waals surface area contributed by atoms with E-state index in [2.05, 4.69) is 226 Å². The summed E-state index contributed by atoms with van der Waals surface area (Å²) >= 11 is 3.81. The van der Waals surface area contributed by atoms with Crippen molar-refractivity contribution in [3.8, 4) is 49.1 Å². The monoisotopic (exact) mass is 813 g/mol. The third kappa shape index (κ3) is 5.28. The molecule has 0 aliphatic heterocycles. The predicted molar refractivity (Wildman–Crippen MR) is 262 cm³/mol. The fourth-order valence-electron chi connectivity index (χ4n) is 9.59. The Morgan fingerprint density at radius 2 is 0.705 bits per heavy atom. The van der Waals surface area contributed by atoms with Crippen LogP contribution in [0.3, 0.4) is 0 Å². The third-order valence-electron chi connectivity index (χ3n) is 12.3. The van der Waals surface area contributed by atoms with Gasteiger partial charge in [-0.15, -0.1) is 22.7 Å². The van der Waals surface area contributed by atoms with Crippen LogP contribution in [0.5, 0.6) is 0 Å². The molecule has 5 aromatic heterocycles. The molecular weight excluding hydrogens is 779 g/mol. The van der Waals surface area contributed by atoms with E-state index in [0.29, 0.717) is 0 Å². The number of thiophene rings is 2. The number of aromatic nitrogens is 3. The molecule has 0 amide bonds. The predicted octanol–water partition coefficient (Wildman–Crippen LogP) is 16.1. The number of fused-ring (bicyclic) bond motifs is 9. The van der Waals surface area contributed by atoms with Gasteiger partial charge in [-0.3, -0.25) is 0 Å². The SMILES string of the molecule is c1ccc(-c2ccccc2-c2cc3c(s2)c2sc(-c4ccc5c(c4)c4cc6c(cc4n5-c4ccccc4)c4ccccc4n6-c4ccccc4)cc2n3-c2ccccc2)cc1. The molecule has 5 heterocycles. The van der Waals surface area contributed by atoms with E-state index in [-0.39, 0.29) is 0 Å². The Hall–Kier alpha value is -7.44. The highest BCUT2D eigenvalue weighted by atomic mass is 32.1. The van der Waals surface area contributed by atoms with E-state index in [4.69, 9.17) is 0 Å². The standard InChI is InChI=1S/C56H35N3S2/c1-5-17-36(18-6-1)41-25-13-14-27-43(41)54-35-52-56(61-54)55-51(59(52)40-23-11-4-12-24-40)34-53(60-55)37-29-30-48-44(31-37)46-33-49-45(32-50(46)58(48)39-21-9-3-10-22-39)42-26-15-16-28-47(42)57(49)38-19-7-2-8-20-38/h1-35H. The van der Waals surface area contributed by atoms with Gasteiger partial charge in [-0.1, -0.05) is 133 Å². The molecule has 0 fully saturated rings. The highest BCUT2D eigenvalue weighted by molar-refractivity contribution is 7.30. The average molecular weight is 814 g/mol. The van der Waals surface area contributed by atoms with Crippen LogP contribution in [0, 0.1) is 0 Å². The zero-order chi connectivity index (χ0) is 40.0. The average Bonchev–Trinajstić information content (AvgIpc) is 4.14. The minimum atomic E-state index is 1.16. The zero-order valence-electron chi connectivity index (χ0n) is 32.9. The van der Waals surface area contributed by atoms with Gasteiger partial charge >= 0.3 is 0 Å². The summed E-state index contributed by atoms with van der Waals surface area (Å²) in [5, 5.41) is 4.99. The van der Waals surface area contributed by atoms with E-state index in [1.165, 1.54) is 102 Å². The van der Waals surface area contributed by atoms with E-state index in [9.17, 15) is 0 Å². The van der Waals surface area contributed by atoms with Crippen LogP contribution in [0.1, 0.15) is 0 Å². The lowest BCUT2D eigenvalue weighted by atomic mass is 9.99. The maximum atomic E-state index is 2.47. The minimum absolute atomic E-state index is 1.16. The Balaban J connectivity index is 1.05. The van der Waals surface area contributed by atoms with Gasteiger partial charge in [0.15, 0.2) is 0 Å². The molecule has 0 saturated carbocycles. The smallest absolute Gasteiger partial charge is 0.0711 e. The molecular formula is C56H35N3S2. The van der Waals surface area contributed by atoms with E-state index in [1.54, 1.807) is 0 Å². The highest BCUT2D eigenvalue weighted by Gasteiger charge is 2.23. The van der Waals surface area contributed by atoms with Crippen molar-refractivity contribution in [2.75, 3.05) is 0 Å². The molecule has 0 aliphatic carbocycles. The van der Waals surface area contributed by atoms with Crippen LogP contribution in [-0.2, 0) is 0 Å². The summed E-state index contributed by atoms with van der Waals surface area (Å²) in [5.41, 5.74) is 15.8. The lowest BCUT2D eigenvalue weighted by Gasteiger charge is -2.09. The van der Waals surface area contributed by atoms with Gasteiger partial charge in [-0.25, -0.2) is 0 Å². The van der Waals surface area contributed by atoms with Gasteiger partial charge in [-0.2, -0.15) is 0 Å². The Bertz CT molecular complexity index is 3790. The van der Waals surface area contributed by atoms with E-state index < -0.39 is 0 Å². The quantitative estimate of drug-likeness (QED) is 0.159. The molecule has 286 valence electrons. The van der Waals surface area contributed by atoms with Crippen molar-refractivity contribution in [3.05, 3.63) is 212 Å². The highest BCUT2D eigenvalue weighted by Crippen LogP contribution is 2.49. The second-order valence-electron chi connectivity index (χ2n) is 15.7. The number of para-hydroxylation sites is 4. The van der Waals surface area contributed by atoms with Crippen molar-refractivity contribution in [2.24, 2.45) is 0 Å². The van der Waals surface area contributed by atoms with Gasteiger partial charge in [0.05, 0.1) is 42.5 Å². The zero-order valence-corrected chi connectivity index (χ0v) is 34.5. The molecule has 13 rings (SSSR count). The van der Waals surface area contributed by atoms with Gasteiger partial charge in [0.1, 0.15) is 0 Å². The van der Waals surface area contributed by atoms with E-state index >= 15 is 0 Å². The summed E-state index contributed by atoms with van der Waals surface area (Å²) in [6.45, 7) is 0. The van der Waals surface area contributed by atoms with Gasteiger partial charge in [0, 0.05) is 48.4 Å².